The van der Waals surface area contributed by atoms with E-state index < -0.39 is 0 Å². The predicted molar refractivity (Wildman–Crippen MR) is 74.5 cm³/mol. The zero-order valence-corrected chi connectivity index (χ0v) is 11.7. The van der Waals surface area contributed by atoms with Crippen molar-refractivity contribution in [3.8, 4) is 0 Å². The Hall–Kier alpha value is -1.68. The average molecular weight is 261 g/mol. The van der Waals surface area contributed by atoms with Gasteiger partial charge in [-0.3, -0.25) is 4.68 Å². The molecule has 1 aromatic heterocycles. The third kappa shape index (κ3) is 3.41. The Labute approximate surface area is 113 Å². The van der Waals surface area contributed by atoms with Crippen LogP contribution in [0.2, 0.25) is 0 Å². The molecule has 0 aliphatic carbocycles. The lowest BCUT2D eigenvalue weighted by Crippen LogP contribution is -2.17. The second kappa shape index (κ2) is 5.97. The quantitative estimate of drug-likeness (QED) is 0.838. The molecule has 2 rings (SSSR count). The highest BCUT2D eigenvalue weighted by Crippen LogP contribution is 2.11. The summed E-state index contributed by atoms with van der Waals surface area (Å²) in [7, 11) is 1.96. The van der Waals surface area contributed by atoms with Crippen LogP contribution in [0.1, 0.15) is 22.5 Å². The van der Waals surface area contributed by atoms with Crippen molar-refractivity contribution in [2.24, 2.45) is 7.05 Å². The third-order valence-corrected chi connectivity index (χ3v) is 3.44. The normalized spacial score (nSPS) is 10.9. The third-order valence-electron chi connectivity index (χ3n) is 3.44. The van der Waals surface area contributed by atoms with Crippen molar-refractivity contribution in [1.82, 2.24) is 15.1 Å². The highest BCUT2D eigenvalue weighted by molar-refractivity contribution is 5.24. The highest BCUT2D eigenvalue weighted by Gasteiger charge is 2.08. The molecule has 0 aliphatic rings. The summed E-state index contributed by atoms with van der Waals surface area (Å²) in [5.41, 5.74) is 4.53. The number of nitrogens with one attached hydrogen (secondary N) is 1. The maximum absolute atomic E-state index is 13.0. The van der Waals surface area contributed by atoms with Crippen molar-refractivity contribution < 1.29 is 4.39 Å². The molecule has 0 saturated carbocycles. The van der Waals surface area contributed by atoms with Crippen molar-refractivity contribution in [3.05, 3.63) is 52.6 Å². The molecule has 2 aromatic rings. The van der Waals surface area contributed by atoms with E-state index in [1.54, 1.807) is 12.1 Å². The van der Waals surface area contributed by atoms with Crippen molar-refractivity contribution in [3.63, 3.8) is 0 Å². The van der Waals surface area contributed by atoms with Crippen molar-refractivity contribution in [2.75, 3.05) is 6.54 Å². The van der Waals surface area contributed by atoms with Gasteiger partial charge in [0.1, 0.15) is 5.82 Å². The monoisotopic (exact) mass is 261 g/mol. The van der Waals surface area contributed by atoms with Gasteiger partial charge in [0, 0.05) is 24.8 Å². The minimum Gasteiger partial charge on any atom is -0.312 e. The first kappa shape index (κ1) is 13.7. The van der Waals surface area contributed by atoms with Crippen LogP contribution < -0.4 is 5.32 Å². The summed E-state index contributed by atoms with van der Waals surface area (Å²) < 4.78 is 14.9. The molecule has 0 spiro atoms. The first-order chi connectivity index (χ1) is 9.08. The van der Waals surface area contributed by atoms with E-state index in [4.69, 9.17) is 0 Å². The summed E-state index contributed by atoms with van der Waals surface area (Å²) >= 11 is 0. The summed E-state index contributed by atoms with van der Waals surface area (Å²) in [6, 6.07) is 6.76. The summed E-state index contributed by atoms with van der Waals surface area (Å²) in [5.74, 6) is -0.170. The van der Waals surface area contributed by atoms with E-state index in [1.807, 2.05) is 24.7 Å². The molecule has 4 heteroatoms. The van der Waals surface area contributed by atoms with Crippen molar-refractivity contribution in [2.45, 2.75) is 26.8 Å². The first-order valence-electron chi connectivity index (χ1n) is 6.52. The smallest absolute Gasteiger partial charge is 0.123 e. The number of hydrogen-bond acceptors (Lipinski definition) is 2. The molecule has 0 aliphatic heterocycles. The number of halogens is 1. The van der Waals surface area contributed by atoms with Crippen LogP contribution in [0.4, 0.5) is 4.39 Å². The zero-order chi connectivity index (χ0) is 13.8. The summed E-state index contributed by atoms with van der Waals surface area (Å²) in [6.07, 6.45) is 0.829. The number of rotatable bonds is 5. The molecule has 3 nitrogen and oxygen atoms in total. The number of aryl methyl sites for hydroxylation is 2. The van der Waals surface area contributed by atoms with Crippen LogP contribution in [0.25, 0.3) is 0 Å². The fourth-order valence-corrected chi connectivity index (χ4v) is 2.21. The lowest BCUT2D eigenvalue weighted by molar-refractivity contribution is 0.622. The van der Waals surface area contributed by atoms with Gasteiger partial charge in [0.2, 0.25) is 0 Å². The van der Waals surface area contributed by atoms with Crippen LogP contribution in [0.5, 0.6) is 0 Å². The van der Waals surface area contributed by atoms with Gasteiger partial charge in [-0.05, 0) is 44.5 Å². The Morgan fingerprint density at radius 3 is 2.74 bits per heavy atom. The van der Waals surface area contributed by atoms with E-state index in [9.17, 15) is 4.39 Å². The maximum Gasteiger partial charge on any atom is 0.123 e. The Balaban J connectivity index is 1.84. The lowest BCUT2D eigenvalue weighted by Gasteiger charge is -2.06. The minimum absolute atomic E-state index is 0.170. The molecule has 0 fully saturated rings. The van der Waals surface area contributed by atoms with E-state index in [0.717, 1.165) is 30.8 Å². The minimum atomic E-state index is -0.170. The van der Waals surface area contributed by atoms with Gasteiger partial charge in [-0.25, -0.2) is 4.39 Å². The van der Waals surface area contributed by atoms with Gasteiger partial charge in [0.25, 0.3) is 0 Å². The number of nitrogens with zero attached hydrogens (tertiary/aromatic N) is 2. The molecule has 1 aromatic carbocycles. The Morgan fingerprint density at radius 2 is 2.11 bits per heavy atom. The Morgan fingerprint density at radius 1 is 1.32 bits per heavy atom. The van der Waals surface area contributed by atoms with E-state index in [1.165, 1.54) is 17.3 Å². The fraction of sp³-hybridized carbons (Fsp3) is 0.400. The van der Waals surface area contributed by atoms with Gasteiger partial charge < -0.3 is 5.32 Å². The number of hydrogen-bond donors (Lipinski definition) is 1. The largest absolute Gasteiger partial charge is 0.312 e. The number of aromatic nitrogens is 2. The molecule has 1 N–H and O–H groups in total. The van der Waals surface area contributed by atoms with Gasteiger partial charge in [0.15, 0.2) is 0 Å². The Kier molecular flexibility index (Phi) is 4.32. The molecule has 0 saturated heterocycles. The van der Waals surface area contributed by atoms with E-state index >= 15 is 0 Å². The van der Waals surface area contributed by atoms with Crippen LogP contribution >= 0.6 is 0 Å². The van der Waals surface area contributed by atoms with E-state index in [0.29, 0.717) is 0 Å². The maximum atomic E-state index is 13.0. The van der Waals surface area contributed by atoms with Crippen molar-refractivity contribution in [1.29, 1.82) is 0 Å². The molecule has 0 radical (unpaired) electrons. The van der Waals surface area contributed by atoms with Crippen LogP contribution in [0.3, 0.4) is 0 Å². The van der Waals surface area contributed by atoms with Gasteiger partial charge >= 0.3 is 0 Å². The lowest BCUT2D eigenvalue weighted by atomic mass is 10.1. The van der Waals surface area contributed by atoms with Crippen LogP contribution in [0, 0.1) is 19.7 Å². The summed E-state index contributed by atoms with van der Waals surface area (Å²) in [6.45, 7) is 5.73. The fourth-order valence-electron chi connectivity index (χ4n) is 2.21. The summed E-state index contributed by atoms with van der Waals surface area (Å²) in [4.78, 5) is 0. The van der Waals surface area contributed by atoms with Gasteiger partial charge in [-0.1, -0.05) is 12.1 Å². The average Bonchev–Trinajstić information content (AvgIpc) is 2.60. The predicted octanol–water partition coefficient (Wildman–Crippen LogP) is 2.51. The Bertz CT molecular complexity index is 561. The van der Waals surface area contributed by atoms with Crippen LogP contribution in [0.15, 0.2) is 24.3 Å². The molecule has 0 unspecified atom stereocenters. The molecule has 0 atom stereocenters. The number of benzene rings is 1. The molecule has 0 bridgehead atoms. The van der Waals surface area contributed by atoms with Crippen LogP contribution in [-0.2, 0) is 20.0 Å². The van der Waals surface area contributed by atoms with E-state index in [2.05, 4.69) is 17.3 Å². The summed E-state index contributed by atoms with van der Waals surface area (Å²) in [5, 5.41) is 7.78. The topological polar surface area (TPSA) is 29.9 Å². The molecule has 1 heterocycles. The van der Waals surface area contributed by atoms with Crippen LogP contribution in [-0.4, -0.2) is 16.3 Å². The van der Waals surface area contributed by atoms with Crippen molar-refractivity contribution >= 4 is 0 Å². The standard InChI is InChI=1S/C15H20FN3/c1-11-15(12(2)19(3)18-11)10-17-8-7-13-5-4-6-14(16)9-13/h4-6,9,17H,7-8,10H2,1-3H3. The molecule has 102 valence electrons. The zero-order valence-electron chi connectivity index (χ0n) is 11.7. The first-order valence-corrected chi connectivity index (χ1v) is 6.52. The molecule has 0 amide bonds. The molecular weight excluding hydrogens is 241 g/mol. The molecule has 19 heavy (non-hydrogen) atoms. The second-order valence-corrected chi connectivity index (χ2v) is 4.83. The highest BCUT2D eigenvalue weighted by atomic mass is 19.1. The van der Waals surface area contributed by atoms with Gasteiger partial charge in [0.05, 0.1) is 5.69 Å². The SMILES string of the molecule is Cc1nn(C)c(C)c1CNCCc1cccc(F)c1. The van der Waals surface area contributed by atoms with Gasteiger partial charge in [-0.2, -0.15) is 5.10 Å². The molecular formula is C15H20FN3. The van der Waals surface area contributed by atoms with Gasteiger partial charge in [-0.15, -0.1) is 0 Å². The second-order valence-electron chi connectivity index (χ2n) is 4.83. The van der Waals surface area contributed by atoms with E-state index in [-0.39, 0.29) is 5.82 Å².